The zero-order valence-electron chi connectivity index (χ0n) is 15.7. The van der Waals surface area contributed by atoms with Gasteiger partial charge < -0.3 is 26.0 Å². The van der Waals surface area contributed by atoms with E-state index in [9.17, 15) is 15.3 Å². The molecule has 0 saturated carbocycles. The van der Waals surface area contributed by atoms with Gasteiger partial charge in [0.05, 0.1) is 17.7 Å². The number of hydrogen-bond donors (Lipinski definition) is 5. The number of aliphatic hydroxyl groups is 1. The highest BCUT2D eigenvalue weighted by atomic mass is 35.5. The number of nitrogens with zero attached hydrogens (tertiary/aromatic N) is 5. The Hall–Kier alpha value is -2.85. The summed E-state index contributed by atoms with van der Waals surface area (Å²) in [5.41, 5.74) is 1.39. The van der Waals surface area contributed by atoms with Gasteiger partial charge in [0.1, 0.15) is 0 Å². The van der Waals surface area contributed by atoms with Gasteiger partial charge in [-0.1, -0.05) is 36.7 Å². The topological polar surface area (TPSA) is 141 Å². The molecule has 0 radical (unpaired) electrons. The molecule has 0 amide bonds. The maximum atomic E-state index is 10.1. The summed E-state index contributed by atoms with van der Waals surface area (Å²) in [6.07, 6.45) is 0. The molecule has 2 aromatic heterocycles. The number of aryl methyl sites for hydroxylation is 1. The van der Waals surface area contributed by atoms with Crippen molar-refractivity contribution in [2.45, 2.75) is 26.4 Å². The first kappa shape index (κ1) is 19.9. The van der Waals surface area contributed by atoms with E-state index >= 15 is 0 Å². The number of benzene rings is 1. The Morgan fingerprint density at radius 1 is 1.18 bits per heavy atom. The van der Waals surface area contributed by atoms with Gasteiger partial charge in [0.2, 0.25) is 5.95 Å². The van der Waals surface area contributed by atoms with Crippen LogP contribution in [-0.2, 0) is 13.6 Å². The van der Waals surface area contributed by atoms with Crippen LogP contribution in [0, 0.1) is 5.92 Å². The van der Waals surface area contributed by atoms with Crippen molar-refractivity contribution < 1.29 is 15.3 Å². The minimum atomic E-state index is -0.376. The van der Waals surface area contributed by atoms with E-state index in [1.165, 1.54) is 10.7 Å². The van der Waals surface area contributed by atoms with E-state index in [0.29, 0.717) is 28.5 Å². The van der Waals surface area contributed by atoms with Crippen molar-refractivity contribution in [3.05, 3.63) is 22.7 Å². The molecule has 0 aliphatic carbocycles. The molecule has 28 heavy (non-hydrogen) atoms. The Morgan fingerprint density at radius 2 is 1.93 bits per heavy atom. The molecule has 2 heterocycles. The Morgan fingerprint density at radius 3 is 2.61 bits per heavy atom. The average Bonchev–Trinajstić information content (AvgIpc) is 3.04. The Kier molecular flexibility index (Phi) is 5.71. The number of phenolic OH excluding ortho intramolecular Hbond substituents is 2. The first-order valence-corrected chi connectivity index (χ1v) is 9.07. The fraction of sp³-hybridized carbons (Fsp3) is 0.412. The van der Waals surface area contributed by atoms with Gasteiger partial charge in [-0.15, -0.1) is 5.10 Å². The van der Waals surface area contributed by atoms with Crippen molar-refractivity contribution >= 4 is 34.5 Å². The van der Waals surface area contributed by atoms with E-state index < -0.39 is 0 Å². The summed E-state index contributed by atoms with van der Waals surface area (Å²) in [6, 6.07) is 2.87. The van der Waals surface area contributed by atoms with Gasteiger partial charge in [-0.05, 0) is 12.0 Å². The molecule has 0 spiro atoms. The van der Waals surface area contributed by atoms with Crippen LogP contribution in [0.1, 0.15) is 19.4 Å². The SMILES string of the molecule is CC(C)C(CO)Nc1nc(NCc2ccc(Cl)c(O)c2O)c2nnn(C)c2n1. The second kappa shape index (κ2) is 8.03. The number of phenols is 2. The van der Waals surface area contributed by atoms with Crippen molar-refractivity contribution in [2.24, 2.45) is 13.0 Å². The normalized spacial score (nSPS) is 12.5. The lowest BCUT2D eigenvalue weighted by Crippen LogP contribution is -2.30. The molecule has 11 heteroatoms. The zero-order chi connectivity index (χ0) is 20.4. The number of fused-ring (bicyclic) bond motifs is 1. The summed E-state index contributed by atoms with van der Waals surface area (Å²) < 4.78 is 1.52. The summed E-state index contributed by atoms with van der Waals surface area (Å²) in [7, 11) is 1.71. The molecule has 0 aliphatic rings. The predicted octanol–water partition coefficient (Wildman–Crippen LogP) is 1.86. The lowest BCUT2D eigenvalue weighted by atomic mass is 10.1. The van der Waals surface area contributed by atoms with Crippen molar-refractivity contribution in [3.63, 3.8) is 0 Å². The van der Waals surface area contributed by atoms with Gasteiger partial charge >= 0.3 is 0 Å². The smallest absolute Gasteiger partial charge is 0.227 e. The fourth-order valence-electron chi connectivity index (χ4n) is 2.61. The van der Waals surface area contributed by atoms with Crippen molar-refractivity contribution in [1.82, 2.24) is 25.0 Å². The summed E-state index contributed by atoms with van der Waals surface area (Å²) in [5.74, 6) is 0.201. The zero-order valence-corrected chi connectivity index (χ0v) is 16.4. The number of aliphatic hydroxyl groups excluding tert-OH is 1. The Balaban J connectivity index is 1.92. The van der Waals surface area contributed by atoms with Gasteiger partial charge in [-0.25, -0.2) is 4.68 Å². The number of aromatic hydroxyl groups is 2. The van der Waals surface area contributed by atoms with Crippen LogP contribution in [0.2, 0.25) is 5.02 Å². The molecule has 3 aromatic rings. The highest BCUT2D eigenvalue weighted by Crippen LogP contribution is 2.36. The lowest BCUT2D eigenvalue weighted by Gasteiger charge is -2.20. The molecule has 1 unspecified atom stereocenters. The average molecular weight is 408 g/mol. The quantitative estimate of drug-likeness (QED) is 0.371. The highest BCUT2D eigenvalue weighted by Gasteiger charge is 2.18. The molecule has 0 aliphatic heterocycles. The largest absolute Gasteiger partial charge is 0.504 e. The first-order chi connectivity index (χ1) is 13.3. The van der Waals surface area contributed by atoms with E-state index in [2.05, 4.69) is 30.9 Å². The molecule has 1 atom stereocenters. The minimum Gasteiger partial charge on any atom is -0.504 e. The van der Waals surface area contributed by atoms with Crippen LogP contribution in [0.5, 0.6) is 11.5 Å². The number of nitrogens with one attached hydrogen (secondary N) is 2. The standard InChI is InChI=1S/C17H22ClN7O3/c1-8(2)11(7-26)20-17-21-15(12-16(22-17)25(3)24-23-12)19-6-9-4-5-10(18)14(28)13(9)27/h4-5,8,11,26-28H,6-7H2,1-3H3,(H2,19,20,21,22). The van der Waals surface area contributed by atoms with Crippen LogP contribution in [0.15, 0.2) is 12.1 Å². The minimum absolute atomic E-state index is 0.0646. The molecule has 5 N–H and O–H groups in total. The summed E-state index contributed by atoms with van der Waals surface area (Å²) >= 11 is 5.79. The molecular formula is C17H22ClN7O3. The van der Waals surface area contributed by atoms with Gasteiger partial charge in [-0.2, -0.15) is 9.97 Å². The van der Waals surface area contributed by atoms with Crippen molar-refractivity contribution in [2.75, 3.05) is 17.2 Å². The Labute approximate surface area is 166 Å². The predicted molar refractivity (Wildman–Crippen MR) is 106 cm³/mol. The summed E-state index contributed by atoms with van der Waals surface area (Å²) in [4.78, 5) is 8.86. The van der Waals surface area contributed by atoms with Gasteiger partial charge in [-0.3, -0.25) is 0 Å². The third-order valence-corrected chi connectivity index (χ3v) is 4.70. The van der Waals surface area contributed by atoms with E-state index in [4.69, 9.17) is 11.6 Å². The summed E-state index contributed by atoms with van der Waals surface area (Å²) in [6.45, 7) is 4.05. The third kappa shape index (κ3) is 3.87. The molecular weight excluding hydrogens is 386 g/mol. The second-order valence-electron chi connectivity index (χ2n) is 6.72. The van der Waals surface area contributed by atoms with Crippen molar-refractivity contribution in [1.29, 1.82) is 0 Å². The molecule has 1 aromatic carbocycles. The van der Waals surface area contributed by atoms with E-state index in [0.717, 1.165) is 0 Å². The summed E-state index contributed by atoms with van der Waals surface area (Å²) in [5, 5.41) is 43.7. The molecule has 0 bridgehead atoms. The number of rotatable bonds is 7. The van der Waals surface area contributed by atoms with E-state index in [-0.39, 0.29) is 41.6 Å². The lowest BCUT2D eigenvalue weighted by molar-refractivity contribution is 0.248. The van der Waals surface area contributed by atoms with Crippen LogP contribution in [0.4, 0.5) is 11.8 Å². The maximum absolute atomic E-state index is 10.1. The van der Waals surface area contributed by atoms with E-state index in [1.54, 1.807) is 13.1 Å². The number of halogens is 1. The van der Waals surface area contributed by atoms with Gasteiger partial charge in [0, 0.05) is 19.2 Å². The van der Waals surface area contributed by atoms with Crippen LogP contribution in [-0.4, -0.2) is 52.9 Å². The molecule has 10 nitrogen and oxygen atoms in total. The molecule has 0 saturated heterocycles. The second-order valence-corrected chi connectivity index (χ2v) is 7.12. The fourth-order valence-corrected chi connectivity index (χ4v) is 2.76. The monoisotopic (exact) mass is 407 g/mol. The molecule has 3 rings (SSSR count). The number of aromatic nitrogens is 5. The number of hydrogen-bond acceptors (Lipinski definition) is 9. The maximum Gasteiger partial charge on any atom is 0.227 e. The number of anilines is 2. The van der Waals surface area contributed by atoms with Crippen molar-refractivity contribution in [3.8, 4) is 11.5 Å². The van der Waals surface area contributed by atoms with Crippen LogP contribution in [0.3, 0.4) is 0 Å². The van der Waals surface area contributed by atoms with Gasteiger partial charge in [0.15, 0.2) is 28.5 Å². The third-order valence-electron chi connectivity index (χ3n) is 4.40. The van der Waals surface area contributed by atoms with Crippen LogP contribution < -0.4 is 10.6 Å². The Bertz CT molecular complexity index is 993. The molecule has 0 fully saturated rings. The molecule has 150 valence electrons. The highest BCUT2D eigenvalue weighted by molar-refractivity contribution is 6.32. The van der Waals surface area contributed by atoms with Crippen LogP contribution >= 0.6 is 11.6 Å². The van der Waals surface area contributed by atoms with Gasteiger partial charge in [0.25, 0.3) is 0 Å². The van der Waals surface area contributed by atoms with E-state index in [1.807, 2.05) is 13.8 Å². The van der Waals surface area contributed by atoms with Crippen LogP contribution in [0.25, 0.3) is 11.2 Å². The first-order valence-electron chi connectivity index (χ1n) is 8.69.